The number of hydrogen-bond donors (Lipinski definition) is 0. The molecule has 0 N–H and O–H groups in total. The Balaban J connectivity index is 0. The van der Waals surface area contributed by atoms with Crippen LogP contribution in [0.5, 0.6) is 0 Å². The van der Waals surface area contributed by atoms with Gasteiger partial charge in [-0.15, -0.1) is 0 Å². The molecule has 2 saturated carbocycles. The quantitative estimate of drug-likeness (QED) is 0.402. The molecule has 3 rings (SSSR count). The molecule has 24 heavy (non-hydrogen) atoms. The molecular formula is C20H41BFeO2. The molecule has 2 nitrogen and oxygen atoms in total. The second kappa shape index (κ2) is 11.3. The molecular weight excluding hydrogens is 339 g/mol. The first-order valence-electron chi connectivity index (χ1n) is 9.21. The molecule has 0 amide bonds. The molecule has 4 heteroatoms. The van der Waals surface area contributed by atoms with Gasteiger partial charge in [-0.25, -0.2) is 0 Å². The molecule has 1 aliphatic heterocycles. The second-order valence-electron chi connectivity index (χ2n) is 8.23. The maximum absolute atomic E-state index is 6.03. The summed E-state index contributed by atoms with van der Waals surface area (Å²) in [6.07, 6.45) is 12.7. The Hall–Kier alpha value is 0.504. The fourth-order valence-corrected chi connectivity index (χ4v) is 3.73. The summed E-state index contributed by atoms with van der Waals surface area (Å²) in [7, 11) is 0.0440. The van der Waals surface area contributed by atoms with E-state index >= 15 is 0 Å². The first-order chi connectivity index (χ1) is 9.86. The summed E-state index contributed by atoms with van der Waals surface area (Å²) in [4.78, 5) is 0. The smallest absolute Gasteiger partial charge is 0.403 e. The van der Waals surface area contributed by atoms with Crippen molar-refractivity contribution in [1.29, 1.82) is 0 Å². The first kappa shape index (κ1) is 26.7. The largest absolute Gasteiger partial charge is 2.00 e. The average Bonchev–Trinajstić information content (AvgIpc) is 3.13. The van der Waals surface area contributed by atoms with E-state index in [0.717, 1.165) is 5.92 Å². The summed E-state index contributed by atoms with van der Waals surface area (Å²) < 4.78 is 12.1. The van der Waals surface area contributed by atoms with Gasteiger partial charge < -0.3 is 24.2 Å². The van der Waals surface area contributed by atoms with Gasteiger partial charge in [-0.2, -0.15) is 0 Å². The molecule has 0 aromatic rings. The Labute approximate surface area is 163 Å². The molecule has 0 bridgehead atoms. The third-order valence-electron chi connectivity index (χ3n) is 6.11. The summed E-state index contributed by atoms with van der Waals surface area (Å²) in [5.41, 5.74) is -0.305. The van der Waals surface area contributed by atoms with Crippen LogP contribution in [0.2, 0.25) is 5.82 Å². The normalized spacial score (nSPS) is 25.1. The van der Waals surface area contributed by atoms with Gasteiger partial charge in [-0.1, -0.05) is 64.7 Å². The van der Waals surface area contributed by atoms with E-state index in [4.69, 9.17) is 9.31 Å². The Kier molecular flexibility index (Phi) is 12.5. The number of rotatable bonds is 2. The molecule has 0 atom stereocenters. The van der Waals surface area contributed by atoms with E-state index < -0.39 is 0 Å². The van der Waals surface area contributed by atoms with Gasteiger partial charge in [0.25, 0.3) is 0 Å². The van der Waals surface area contributed by atoms with Gasteiger partial charge in [-0.3, -0.25) is 0 Å². The van der Waals surface area contributed by atoms with Crippen LogP contribution in [0.25, 0.3) is 0 Å². The Morgan fingerprint density at radius 1 is 0.792 bits per heavy atom. The van der Waals surface area contributed by atoms with Crippen LogP contribution in [0.15, 0.2) is 0 Å². The maximum Gasteiger partial charge on any atom is 2.00 e. The van der Waals surface area contributed by atoms with E-state index in [2.05, 4.69) is 34.6 Å². The van der Waals surface area contributed by atoms with Crippen molar-refractivity contribution < 1.29 is 26.4 Å². The Bertz CT molecular complexity index is 306. The molecule has 1 heterocycles. The predicted octanol–water partition coefficient (Wildman–Crippen LogP) is 6.51. The summed E-state index contributed by atoms with van der Waals surface area (Å²) in [5.74, 6) is 1.73. The van der Waals surface area contributed by atoms with Gasteiger partial charge in [0.15, 0.2) is 0 Å². The van der Waals surface area contributed by atoms with Crippen LogP contribution >= 0.6 is 0 Å². The Morgan fingerprint density at radius 3 is 1.50 bits per heavy atom. The van der Waals surface area contributed by atoms with Gasteiger partial charge >= 0.3 is 24.2 Å². The fraction of sp³-hybridized carbons (Fsp3) is 0.900. The van der Waals surface area contributed by atoms with E-state index in [1.54, 1.807) is 0 Å². The van der Waals surface area contributed by atoms with Crippen molar-refractivity contribution in [2.45, 2.75) is 109 Å². The van der Waals surface area contributed by atoms with Crippen LogP contribution in [0.1, 0.15) is 92.4 Å². The molecule has 144 valence electrons. The van der Waals surface area contributed by atoms with Crippen LogP contribution in [-0.2, 0) is 26.4 Å². The molecule has 2 aliphatic carbocycles. The molecule has 0 spiro atoms. The topological polar surface area (TPSA) is 18.5 Å². The zero-order chi connectivity index (χ0) is 15.5. The van der Waals surface area contributed by atoms with Crippen molar-refractivity contribution in [3.05, 3.63) is 14.9 Å². The van der Waals surface area contributed by atoms with Gasteiger partial charge in [0.2, 0.25) is 0 Å². The average molecular weight is 380 g/mol. The van der Waals surface area contributed by atoms with Crippen molar-refractivity contribution in [3.8, 4) is 0 Å². The Morgan fingerprint density at radius 2 is 1.17 bits per heavy atom. The molecule has 0 aromatic carbocycles. The summed E-state index contributed by atoms with van der Waals surface area (Å²) >= 11 is 0. The summed E-state index contributed by atoms with van der Waals surface area (Å²) in [5, 5.41) is 0. The van der Waals surface area contributed by atoms with Gasteiger partial charge in [0, 0.05) is 0 Å². The molecule has 0 aromatic heterocycles. The third-order valence-corrected chi connectivity index (χ3v) is 6.11. The molecule has 3 aliphatic rings. The molecule has 0 radical (unpaired) electrons. The monoisotopic (exact) mass is 380 g/mol. The van der Waals surface area contributed by atoms with Crippen molar-refractivity contribution in [2.75, 3.05) is 0 Å². The minimum atomic E-state index is -0.153. The molecule has 0 unspecified atom stereocenters. The first-order valence-corrected chi connectivity index (χ1v) is 9.21. The van der Waals surface area contributed by atoms with Crippen LogP contribution in [0.4, 0.5) is 0 Å². The minimum absolute atomic E-state index is 0. The predicted molar refractivity (Wildman–Crippen MR) is 103 cm³/mol. The fourth-order valence-electron chi connectivity index (χ4n) is 3.73. The number of hydrogen-bond acceptors (Lipinski definition) is 2. The minimum Gasteiger partial charge on any atom is -0.403 e. The van der Waals surface area contributed by atoms with Crippen molar-refractivity contribution >= 4 is 7.12 Å². The van der Waals surface area contributed by atoms with Crippen LogP contribution < -0.4 is 0 Å². The van der Waals surface area contributed by atoms with E-state index in [9.17, 15) is 0 Å². The van der Waals surface area contributed by atoms with Crippen molar-refractivity contribution in [2.24, 2.45) is 5.92 Å². The van der Waals surface area contributed by atoms with Crippen molar-refractivity contribution in [1.82, 2.24) is 0 Å². The van der Waals surface area contributed by atoms with E-state index in [1.807, 2.05) is 0 Å². The standard InChI is InChI=1S/C11H21BO2.C7H14.2CH3.Fe/c1-10(2)11(3,4)14-12(13-10)9-7-5-6-8-9;1-2-7-5-3-4-6-7;;;/h9H,5-8H2,1-4H3;7H,2-6H2,1H3;2*1H3;/q;;2*-1;+2. The summed E-state index contributed by atoms with van der Waals surface area (Å²) in [6, 6.07) is 0. The van der Waals surface area contributed by atoms with Crippen LogP contribution in [0.3, 0.4) is 0 Å². The van der Waals surface area contributed by atoms with E-state index in [1.165, 1.54) is 57.8 Å². The SMILES string of the molecule is CC1(C)OB(C2CCCC2)OC1(C)C.CCC1CCCC1.[CH3-].[CH3-].[Fe+2]. The van der Waals surface area contributed by atoms with Gasteiger partial charge in [0.1, 0.15) is 0 Å². The van der Waals surface area contributed by atoms with E-state index in [-0.39, 0.29) is 50.2 Å². The van der Waals surface area contributed by atoms with Crippen molar-refractivity contribution in [3.63, 3.8) is 0 Å². The zero-order valence-corrected chi connectivity index (χ0v) is 18.4. The maximum atomic E-state index is 6.03. The van der Waals surface area contributed by atoms with Gasteiger partial charge in [0.05, 0.1) is 11.2 Å². The van der Waals surface area contributed by atoms with E-state index in [0.29, 0.717) is 5.82 Å². The summed E-state index contributed by atoms with van der Waals surface area (Å²) in [6.45, 7) is 10.8. The third kappa shape index (κ3) is 6.67. The van der Waals surface area contributed by atoms with Crippen LogP contribution in [0, 0.1) is 20.8 Å². The zero-order valence-electron chi connectivity index (χ0n) is 17.3. The molecule has 1 saturated heterocycles. The van der Waals surface area contributed by atoms with Crippen LogP contribution in [-0.4, -0.2) is 18.3 Å². The second-order valence-corrected chi connectivity index (χ2v) is 8.23. The van der Waals surface area contributed by atoms with Gasteiger partial charge in [-0.05, 0) is 39.4 Å². The molecule has 3 fully saturated rings.